The third kappa shape index (κ3) is 2.05. The van der Waals surface area contributed by atoms with Gasteiger partial charge in [-0.25, -0.2) is 4.98 Å². The van der Waals surface area contributed by atoms with Crippen molar-refractivity contribution in [2.45, 2.75) is 13.1 Å². The number of rotatable bonds is 1. The number of benzene rings is 1. The minimum absolute atomic E-state index is 0.455. The molecule has 1 aromatic carbocycles. The van der Waals surface area contributed by atoms with Gasteiger partial charge in [0.25, 0.3) is 0 Å². The smallest absolute Gasteiger partial charge is 0.301 e. The zero-order valence-corrected chi connectivity index (χ0v) is 10.6. The molecule has 0 aliphatic heterocycles. The molecule has 0 radical (unpaired) electrons. The van der Waals surface area contributed by atoms with Gasteiger partial charge in [0.05, 0.1) is 5.56 Å². The molecule has 5 heteroatoms. The summed E-state index contributed by atoms with van der Waals surface area (Å²) in [6.45, 7) is 1.91. The van der Waals surface area contributed by atoms with Gasteiger partial charge in [0.2, 0.25) is 0 Å². The first-order chi connectivity index (χ1) is 9.47. The van der Waals surface area contributed by atoms with E-state index in [4.69, 9.17) is 0 Å². The highest BCUT2D eigenvalue weighted by Crippen LogP contribution is 2.31. The number of aromatic nitrogens is 2. The minimum Gasteiger partial charge on any atom is -0.301 e. The van der Waals surface area contributed by atoms with Crippen LogP contribution in [0.5, 0.6) is 0 Å². The Hall–Kier alpha value is -2.30. The molecule has 2 nitrogen and oxygen atoms in total. The van der Waals surface area contributed by atoms with Crippen LogP contribution in [0.4, 0.5) is 13.2 Å². The first-order valence-corrected chi connectivity index (χ1v) is 6.07. The fourth-order valence-corrected chi connectivity index (χ4v) is 2.25. The van der Waals surface area contributed by atoms with Crippen LogP contribution in [-0.2, 0) is 6.18 Å². The molecule has 0 amide bonds. The van der Waals surface area contributed by atoms with Crippen LogP contribution in [-0.4, -0.2) is 9.55 Å². The van der Waals surface area contributed by atoms with Gasteiger partial charge >= 0.3 is 6.18 Å². The topological polar surface area (TPSA) is 17.8 Å². The molecule has 2 heterocycles. The van der Waals surface area contributed by atoms with Crippen molar-refractivity contribution < 1.29 is 13.2 Å². The zero-order chi connectivity index (χ0) is 14.3. The molecule has 3 aromatic rings. The molecule has 0 fully saturated rings. The van der Waals surface area contributed by atoms with E-state index in [0.717, 1.165) is 23.1 Å². The summed E-state index contributed by atoms with van der Waals surface area (Å²) < 4.78 is 40.0. The SMILES string of the molecule is Cc1cn(-c2cccc(C(F)(F)F)c2)c2ncccc12. The third-order valence-corrected chi connectivity index (χ3v) is 3.21. The van der Waals surface area contributed by atoms with Gasteiger partial charge in [-0.3, -0.25) is 0 Å². The summed E-state index contributed by atoms with van der Waals surface area (Å²) >= 11 is 0. The predicted octanol–water partition coefficient (Wildman–Crippen LogP) is 4.35. The third-order valence-electron chi connectivity index (χ3n) is 3.21. The molecule has 0 saturated heterocycles. The molecule has 0 bridgehead atoms. The highest BCUT2D eigenvalue weighted by molar-refractivity contribution is 5.81. The summed E-state index contributed by atoms with van der Waals surface area (Å²) in [5.41, 5.74) is 1.43. The summed E-state index contributed by atoms with van der Waals surface area (Å²) in [6.07, 6.45) is -0.916. The maximum atomic E-state index is 12.8. The zero-order valence-electron chi connectivity index (χ0n) is 10.6. The van der Waals surface area contributed by atoms with E-state index < -0.39 is 11.7 Å². The quantitative estimate of drug-likeness (QED) is 0.646. The van der Waals surface area contributed by atoms with Crippen molar-refractivity contribution in [3.63, 3.8) is 0 Å². The van der Waals surface area contributed by atoms with E-state index in [0.29, 0.717) is 11.3 Å². The Bertz CT molecular complexity index is 772. The van der Waals surface area contributed by atoms with Gasteiger partial charge in [-0.2, -0.15) is 13.2 Å². The van der Waals surface area contributed by atoms with Crippen LogP contribution >= 0.6 is 0 Å². The summed E-state index contributed by atoms with van der Waals surface area (Å²) in [5, 5.41) is 0.935. The van der Waals surface area contributed by atoms with Crippen LogP contribution in [0.25, 0.3) is 16.7 Å². The van der Waals surface area contributed by atoms with Crippen LogP contribution in [0, 0.1) is 6.92 Å². The fraction of sp³-hybridized carbons (Fsp3) is 0.133. The second-order valence-electron chi connectivity index (χ2n) is 4.60. The van der Waals surface area contributed by atoms with E-state index >= 15 is 0 Å². The predicted molar refractivity (Wildman–Crippen MR) is 70.8 cm³/mol. The Labute approximate surface area is 113 Å². The van der Waals surface area contributed by atoms with E-state index in [1.807, 2.05) is 19.1 Å². The standard InChI is InChI=1S/C15H11F3N2/c1-10-9-20(14-13(10)6-3-7-19-14)12-5-2-4-11(8-12)15(16,17)18/h2-9H,1H3. The molecule has 102 valence electrons. The Morgan fingerprint density at radius 2 is 1.90 bits per heavy atom. The van der Waals surface area contributed by atoms with E-state index in [1.165, 1.54) is 6.07 Å². The Morgan fingerprint density at radius 1 is 1.10 bits per heavy atom. The number of alkyl halides is 3. The molecule has 0 atom stereocenters. The molecular weight excluding hydrogens is 265 g/mol. The molecule has 0 aliphatic carbocycles. The van der Waals surface area contributed by atoms with Crippen molar-refractivity contribution in [1.82, 2.24) is 9.55 Å². The van der Waals surface area contributed by atoms with Gasteiger partial charge in [0, 0.05) is 23.5 Å². The summed E-state index contributed by atoms with van der Waals surface area (Å²) in [6, 6.07) is 8.96. The van der Waals surface area contributed by atoms with Gasteiger partial charge < -0.3 is 4.57 Å². The van der Waals surface area contributed by atoms with Crippen molar-refractivity contribution >= 4 is 11.0 Å². The van der Waals surface area contributed by atoms with E-state index in [9.17, 15) is 13.2 Å². The van der Waals surface area contributed by atoms with Crippen molar-refractivity contribution in [2.24, 2.45) is 0 Å². The van der Waals surface area contributed by atoms with Crippen LogP contribution in [0.2, 0.25) is 0 Å². The average Bonchev–Trinajstić information content (AvgIpc) is 2.76. The first-order valence-electron chi connectivity index (χ1n) is 6.07. The highest BCUT2D eigenvalue weighted by Gasteiger charge is 2.30. The summed E-state index contributed by atoms with van der Waals surface area (Å²) in [4.78, 5) is 4.25. The maximum absolute atomic E-state index is 12.8. The number of hydrogen-bond donors (Lipinski definition) is 0. The summed E-state index contributed by atoms with van der Waals surface area (Å²) in [7, 11) is 0. The Balaban J connectivity index is 2.21. The fourth-order valence-electron chi connectivity index (χ4n) is 2.25. The Morgan fingerprint density at radius 3 is 2.65 bits per heavy atom. The van der Waals surface area contributed by atoms with Crippen molar-refractivity contribution in [2.75, 3.05) is 0 Å². The van der Waals surface area contributed by atoms with Crippen molar-refractivity contribution in [3.05, 3.63) is 59.9 Å². The van der Waals surface area contributed by atoms with Gasteiger partial charge in [-0.05, 0) is 42.8 Å². The minimum atomic E-state index is -4.35. The molecule has 0 spiro atoms. The molecular formula is C15H11F3N2. The van der Waals surface area contributed by atoms with Crippen LogP contribution in [0.15, 0.2) is 48.8 Å². The van der Waals surface area contributed by atoms with Crippen LogP contribution < -0.4 is 0 Å². The number of fused-ring (bicyclic) bond motifs is 1. The summed E-state index contributed by atoms with van der Waals surface area (Å²) in [5.74, 6) is 0. The normalized spacial score (nSPS) is 12.0. The van der Waals surface area contributed by atoms with E-state index in [2.05, 4.69) is 4.98 Å². The van der Waals surface area contributed by atoms with Crippen LogP contribution in [0.1, 0.15) is 11.1 Å². The first kappa shape index (κ1) is 12.7. The lowest BCUT2D eigenvalue weighted by Crippen LogP contribution is -2.06. The van der Waals surface area contributed by atoms with Crippen molar-refractivity contribution in [1.29, 1.82) is 0 Å². The molecule has 0 saturated carbocycles. The number of pyridine rings is 1. The van der Waals surface area contributed by atoms with Gasteiger partial charge in [0.1, 0.15) is 5.65 Å². The molecule has 0 N–H and O–H groups in total. The van der Waals surface area contributed by atoms with E-state index in [-0.39, 0.29) is 0 Å². The number of hydrogen-bond acceptors (Lipinski definition) is 1. The number of nitrogens with zero attached hydrogens (tertiary/aromatic N) is 2. The second-order valence-corrected chi connectivity index (χ2v) is 4.60. The van der Waals surface area contributed by atoms with Gasteiger partial charge in [0.15, 0.2) is 0 Å². The molecule has 3 rings (SSSR count). The lowest BCUT2D eigenvalue weighted by atomic mass is 10.2. The molecule has 0 unspecified atom stereocenters. The van der Waals surface area contributed by atoms with Crippen molar-refractivity contribution in [3.8, 4) is 5.69 Å². The maximum Gasteiger partial charge on any atom is 0.416 e. The average molecular weight is 276 g/mol. The van der Waals surface area contributed by atoms with Crippen LogP contribution in [0.3, 0.4) is 0 Å². The molecule has 2 aromatic heterocycles. The largest absolute Gasteiger partial charge is 0.416 e. The lowest BCUT2D eigenvalue weighted by Gasteiger charge is -2.10. The van der Waals surface area contributed by atoms with E-state index in [1.54, 1.807) is 23.0 Å². The monoisotopic (exact) mass is 276 g/mol. The highest BCUT2D eigenvalue weighted by atomic mass is 19.4. The Kier molecular flexibility index (Phi) is 2.78. The molecule has 0 aliphatic rings. The second kappa shape index (κ2) is 4.37. The number of halogens is 3. The number of aryl methyl sites for hydroxylation is 1. The van der Waals surface area contributed by atoms with Gasteiger partial charge in [-0.1, -0.05) is 6.07 Å². The van der Waals surface area contributed by atoms with Gasteiger partial charge in [-0.15, -0.1) is 0 Å². The lowest BCUT2D eigenvalue weighted by molar-refractivity contribution is -0.137. The molecule has 20 heavy (non-hydrogen) atoms.